The molecular formula is C24H27N5S. The number of hydrogen-bond donors (Lipinski definition) is 1. The summed E-state index contributed by atoms with van der Waals surface area (Å²) in [6, 6.07) is 21.3. The first-order valence-electron chi connectivity index (χ1n) is 10.6. The third kappa shape index (κ3) is 4.16. The second-order valence-electron chi connectivity index (χ2n) is 8.13. The molecule has 30 heavy (non-hydrogen) atoms. The Kier molecular flexibility index (Phi) is 5.60. The molecule has 1 N–H and O–H groups in total. The summed E-state index contributed by atoms with van der Waals surface area (Å²) in [5.41, 5.74) is 3.82. The molecular weight excluding hydrogens is 390 g/mol. The van der Waals surface area contributed by atoms with Crippen LogP contribution in [0.3, 0.4) is 0 Å². The largest absolute Gasteiger partial charge is 0.357 e. The molecule has 6 heteroatoms. The van der Waals surface area contributed by atoms with E-state index in [2.05, 4.69) is 92.4 Å². The number of hydrogen-bond acceptors (Lipinski definition) is 4. The molecule has 154 valence electrons. The number of nitrogens with zero attached hydrogens (tertiary/aromatic N) is 4. The van der Waals surface area contributed by atoms with Gasteiger partial charge in [0, 0.05) is 43.0 Å². The fraction of sp³-hybridized carbons (Fsp3) is 0.333. The summed E-state index contributed by atoms with van der Waals surface area (Å²) in [6.07, 6.45) is 2.38. The van der Waals surface area contributed by atoms with E-state index in [-0.39, 0.29) is 0 Å². The van der Waals surface area contributed by atoms with Gasteiger partial charge in [0.25, 0.3) is 0 Å². The van der Waals surface area contributed by atoms with Gasteiger partial charge in [-0.05, 0) is 42.5 Å². The van der Waals surface area contributed by atoms with Crippen LogP contribution in [0.2, 0.25) is 0 Å². The zero-order chi connectivity index (χ0) is 20.3. The van der Waals surface area contributed by atoms with E-state index in [9.17, 15) is 0 Å². The number of aromatic amines is 1. The number of nitrogens with one attached hydrogen (secondary N) is 1. The fourth-order valence-electron chi connectivity index (χ4n) is 4.40. The molecule has 0 unspecified atom stereocenters. The molecule has 0 bridgehead atoms. The summed E-state index contributed by atoms with van der Waals surface area (Å²) < 4.78 is 2.20. The molecule has 0 radical (unpaired) electrons. The van der Waals surface area contributed by atoms with Crippen molar-refractivity contribution in [3.05, 3.63) is 77.7 Å². The summed E-state index contributed by atoms with van der Waals surface area (Å²) in [4.78, 5) is 6.11. The maximum atomic E-state index is 4.59. The van der Waals surface area contributed by atoms with Crippen LogP contribution in [-0.2, 0) is 19.3 Å². The molecule has 3 heterocycles. The number of rotatable bonds is 6. The fourth-order valence-corrected chi connectivity index (χ4v) is 5.27. The molecule has 2 aromatic heterocycles. The van der Waals surface area contributed by atoms with Crippen molar-refractivity contribution in [2.24, 2.45) is 7.05 Å². The average molecular weight is 418 g/mol. The van der Waals surface area contributed by atoms with Crippen molar-refractivity contribution in [1.82, 2.24) is 24.6 Å². The highest BCUT2D eigenvalue weighted by Gasteiger charge is 2.26. The standard InChI is InChI=1S/C24H27N5S/c1-28-23(26-27-24(28)30-17-18-8-3-2-4-9-18)20-11-7-13-29(15-20)16-21-14-19-10-5-6-12-22(19)25-21/h2-6,8-10,12,14,20,25H,7,11,13,15-17H2,1H3/t20-/m1/s1. The van der Waals surface area contributed by atoms with E-state index in [4.69, 9.17) is 0 Å². The van der Waals surface area contributed by atoms with E-state index >= 15 is 0 Å². The summed E-state index contributed by atoms with van der Waals surface area (Å²) in [6.45, 7) is 3.13. The third-order valence-corrected chi connectivity index (χ3v) is 7.02. The lowest BCUT2D eigenvalue weighted by Gasteiger charge is -2.31. The number of thioether (sulfide) groups is 1. The van der Waals surface area contributed by atoms with Crippen LogP contribution in [0, 0.1) is 0 Å². The molecule has 1 aliphatic rings. The highest BCUT2D eigenvalue weighted by molar-refractivity contribution is 7.98. The number of likely N-dealkylation sites (tertiary alicyclic amines) is 1. The van der Waals surface area contributed by atoms with E-state index in [0.717, 1.165) is 36.4 Å². The van der Waals surface area contributed by atoms with Gasteiger partial charge in [0.05, 0.1) is 0 Å². The lowest BCUT2D eigenvalue weighted by molar-refractivity contribution is 0.193. The van der Waals surface area contributed by atoms with Crippen LogP contribution >= 0.6 is 11.8 Å². The minimum Gasteiger partial charge on any atom is -0.357 e. The number of benzene rings is 2. The predicted molar refractivity (Wildman–Crippen MR) is 123 cm³/mol. The van der Waals surface area contributed by atoms with E-state index < -0.39 is 0 Å². The summed E-state index contributed by atoms with van der Waals surface area (Å²) in [7, 11) is 2.11. The Hall–Kier alpha value is -2.57. The van der Waals surface area contributed by atoms with Gasteiger partial charge >= 0.3 is 0 Å². The van der Waals surface area contributed by atoms with Crippen LogP contribution in [-0.4, -0.2) is 37.7 Å². The Morgan fingerprint density at radius 3 is 2.77 bits per heavy atom. The predicted octanol–water partition coefficient (Wildman–Crippen LogP) is 4.97. The van der Waals surface area contributed by atoms with Crippen LogP contribution in [0.5, 0.6) is 0 Å². The quantitative estimate of drug-likeness (QED) is 0.450. The molecule has 1 aliphatic heterocycles. The summed E-state index contributed by atoms with van der Waals surface area (Å²) in [5, 5.41) is 11.4. The minimum atomic E-state index is 0.437. The van der Waals surface area contributed by atoms with Crippen molar-refractivity contribution < 1.29 is 0 Å². The van der Waals surface area contributed by atoms with E-state index in [1.165, 1.54) is 35.0 Å². The van der Waals surface area contributed by atoms with Gasteiger partial charge in [-0.15, -0.1) is 10.2 Å². The third-order valence-electron chi connectivity index (χ3n) is 5.93. The Balaban J connectivity index is 1.25. The number of H-pyrrole nitrogens is 1. The number of para-hydroxylation sites is 1. The molecule has 1 atom stereocenters. The van der Waals surface area contributed by atoms with Crippen LogP contribution in [0.25, 0.3) is 10.9 Å². The Morgan fingerprint density at radius 2 is 1.90 bits per heavy atom. The topological polar surface area (TPSA) is 49.7 Å². The highest BCUT2D eigenvalue weighted by Crippen LogP contribution is 2.29. The molecule has 5 nitrogen and oxygen atoms in total. The number of aromatic nitrogens is 4. The highest BCUT2D eigenvalue weighted by atomic mass is 32.2. The van der Waals surface area contributed by atoms with E-state index in [0.29, 0.717) is 5.92 Å². The number of piperidine rings is 1. The molecule has 0 amide bonds. The van der Waals surface area contributed by atoms with Gasteiger partial charge in [-0.25, -0.2) is 0 Å². The first-order chi connectivity index (χ1) is 14.8. The Labute approximate surface area is 181 Å². The molecule has 5 rings (SSSR count). The molecule has 1 saturated heterocycles. The van der Waals surface area contributed by atoms with Crippen LogP contribution in [0.1, 0.15) is 35.8 Å². The lowest BCUT2D eigenvalue weighted by Crippen LogP contribution is -2.34. The first kappa shape index (κ1) is 19.4. The molecule has 0 spiro atoms. The van der Waals surface area contributed by atoms with Gasteiger partial charge in [-0.2, -0.15) is 0 Å². The average Bonchev–Trinajstić information content (AvgIpc) is 3.35. The van der Waals surface area contributed by atoms with Gasteiger partial charge in [0.1, 0.15) is 5.82 Å². The SMILES string of the molecule is Cn1c(SCc2ccccc2)nnc1[C@@H]1CCCN(Cc2cc3ccccc3[nH]2)C1. The summed E-state index contributed by atoms with van der Waals surface area (Å²) in [5.74, 6) is 2.47. The van der Waals surface area contributed by atoms with Crippen molar-refractivity contribution in [2.45, 2.75) is 36.2 Å². The van der Waals surface area contributed by atoms with Gasteiger partial charge < -0.3 is 9.55 Å². The van der Waals surface area contributed by atoms with Crippen LogP contribution in [0.4, 0.5) is 0 Å². The van der Waals surface area contributed by atoms with Crippen molar-refractivity contribution in [3.8, 4) is 0 Å². The molecule has 0 aliphatic carbocycles. The van der Waals surface area contributed by atoms with Gasteiger partial charge in [0.2, 0.25) is 0 Å². The Morgan fingerprint density at radius 1 is 1.07 bits per heavy atom. The molecule has 4 aromatic rings. The second kappa shape index (κ2) is 8.66. The smallest absolute Gasteiger partial charge is 0.191 e. The van der Waals surface area contributed by atoms with Gasteiger partial charge in [-0.3, -0.25) is 4.90 Å². The van der Waals surface area contributed by atoms with Crippen molar-refractivity contribution in [3.63, 3.8) is 0 Å². The zero-order valence-electron chi connectivity index (χ0n) is 17.3. The molecule has 1 fully saturated rings. The van der Waals surface area contributed by atoms with E-state index in [1.54, 1.807) is 11.8 Å². The van der Waals surface area contributed by atoms with Crippen LogP contribution in [0.15, 0.2) is 65.8 Å². The summed E-state index contributed by atoms with van der Waals surface area (Å²) >= 11 is 1.76. The number of fused-ring (bicyclic) bond motifs is 1. The normalized spacial score (nSPS) is 17.6. The molecule has 0 saturated carbocycles. The van der Waals surface area contributed by atoms with Crippen LogP contribution < -0.4 is 0 Å². The first-order valence-corrected chi connectivity index (χ1v) is 11.6. The van der Waals surface area contributed by atoms with E-state index in [1.807, 2.05) is 0 Å². The monoisotopic (exact) mass is 417 g/mol. The Bertz CT molecular complexity index is 1080. The van der Waals surface area contributed by atoms with Crippen molar-refractivity contribution >= 4 is 22.7 Å². The van der Waals surface area contributed by atoms with Gasteiger partial charge in [0.15, 0.2) is 5.16 Å². The second-order valence-corrected chi connectivity index (χ2v) is 9.07. The minimum absolute atomic E-state index is 0.437. The zero-order valence-corrected chi connectivity index (χ0v) is 18.1. The lowest BCUT2D eigenvalue weighted by atomic mass is 9.97. The van der Waals surface area contributed by atoms with Crippen molar-refractivity contribution in [2.75, 3.05) is 13.1 Å². The maximum Gasteiger partial charge on any atom is 0.191 e. The van der Waals surface area contributed by atoms with Crippen molar-refractivity contribution in [1.29, 1.82) is 0 Å². The van der Waals surface area contributed by atoms with Gasteiger partial charge in [-0.1, -0.05) is 60.3 Å². The maximum absolute atomic E-state index is 4.59. The molecule has 2 aromatic carbocycles.